The number of aromatic hydroxyl groups is 1. The molecule has 74 valence electrons. The molecular formula is C10H9ClO2S. The Balaban J connectivity index is 2.70. The molecule has 0 radical (unpaired) electrons. The number of hydrogen-bond donors (Lipinski definition) is 1. The molecule has 0 atom stereocenters. The molecule has 0 spiro atoms. The van der Waals surface area contributed by atoms with E-state index >= 15 is 0 Å². The third-order valence-corrected chi connectivity index (χ3v) is 3.21. The van der Waals surface area contributed by atoms with Crippen LogP contribution in [0.15, 0.2) is 17.5 Å². The Hall–Kier alpha value is -0.930. The van der Waals surface area contributed by atoms with E-state index < -0.39 is 0 Å². The van der Waals surface area contributed by atoms with Crippen molar-refractivity contribution >= 4 is 33.0 Å². The molecule has 0 fully saturated rings. The summed E-state index contributed by atoms with van der Waals surface area (Å²) in [5.74, 6) is 0.994. The summed E-state index contributed by atoms with van der Waals surface area (Å²) in [7, 11) is 0. The first-order chi connectivity index (χ1) is 6.74. The maximum Gasteiger partial charge on any atom is 0.137 e. The summed E-state index contributed by atoms with van der Waals surface area (Å²) in [5.41, 5.74) is 0. The molecule has 0 amide bonds. The lowest BCUT2D eigenvalue weighted by molar-refractivity contribution is 0.345. The second-order valence-electron chi connectivity index (χ2n) is 2.80. The lowest BCUT2D eigenvalue weighted by atomic mass is 10.2. The Labute approximate surface area is 90.7 Å². The van der Waals surface area contributed by atoms with Crippen LogP contribution in [-0.2, 0) is 0 Å². The fourth-order valence-electron chi connectivity index (χ4n) is 1.34. The largest absolute Gasteiger partial charge is 0.506 e. The highest BCUT2D eigenvalue weighted by Gasteiger charge is 2.11. The van der Waals surface area contributed by atoms with Crippen LogP contribution in [0, 0.1) is 0 Å². The van der Waals surface area contributed by atoms with Crippen molar-refractivity contribution in [2.75, 3.05) is 6.61 Å². The zero-order valence-corrected chi connectivity index (χ0v) is 9.15. The first-order valence-electron chi connectivity index (χ1n) is 4.25. The molecule has 0 saturated carbocycles. The zero-order valence-electron chi connectivity index (χ0n) is 7.58. The van der Waals surface area contributed by atoms with Crippen LogP contribution in [0.1, 0.15) is 6.92 Å². The quantitative estimate of drug-likeness (QED) is 0.850. The number of hydrogen-bond acceptors (Lipinski definition) is 3. The normalized spacial score (nSPS) is 10.7. The van der Waals surface area contributed by atoms with Gasteiger partial charge in [0.05, 0.1) is 21.7 Å². The fourth-order valence-corrected chi connectivity index (χ4v) is 2.57. The molecule has 1 aromatic heterocycles. The number of ether oxygens (including phenoxy) is 1. The predicted molar refractivity (Wildman–Crippen MR) is 59.7 cm³/mol. The van der Waals surface area contributed by atoms with Crippen LogP contribution < -0.4 is 4.74 Å². The molecule has 2 nitrogen and oxygen atoms in total. The summed E-state index contributed by atoms with van der Waals surface area (Å²) in [5, 5.41) is 12.5. The highest BCUT2D eigenvalue weighted by molar-refractivity contribution is 7.18. The Morgan fingerprint density at radius 1 is 1.50 bits per heavy atom. The topological polar surface area (TPSA) is 29.5 Å². The van der Waals surface area contributed by atoms with Crippen LogP contribution in [0.2, 0.25) is 5.02 Å². The molecule has 1 aromatic carbocycles. The van der Waals surface area contributed by atoms with Gasteiger partial charge in [0.2, 0.25) is 0 Å². The second kappa shape index (κ2) is 3.67. The minimum Gasteiger partial charge on any atom is -0.506 e. The first kappa shape index (κ1) is 9.62. The molecule has 1 N–H and O–H groups in total. The smallest absolute Gasteiger partial charge is 0.137 e. The molecule has 2 aromatic rings. The van der Waals surface area contributed by atoms with Crippen molar-refractivity contribution in [1.29, 1.82) is 0 Å². The van der Waals surface area contributed by atoms with Gasteiger partial charge in [-0.25, -0.2) is 0 Å². The van der Waals surface area contributed by atoms with E-state index in [2.05, 4.69) is 0 Å². The van der Waals surface area contributed by atoms with Crippen LogP contribution in [0.4, 0.5) is 0 Å². The molecule has 1 heterocycles. The summed E-state index contributed by atoms with van der Waals surface area (Å²) in [4.78, 5) is 0. The lowest BCUT2D eigenvalue weighted by Gasteiger charge is -2.04. The average Bonchev–Trinajstić information content (AvgIpc) is 2.54. The maximum atomic E-state index is 9.56. The second-order valence-corrected chi connectivity index (χ2v) is 4.09. The molecular weight excluding hydrogens is 220 g/mol. The van der Waals surface area contributed by atoms with E-state index in [1.807, 2.05) is 13.0 Å². The van der Waals surface area contributed by atoms with Gasteiger partial charge in [-0.3, -0.25) is 0 Å². The lowest BCUT2D eigenvalue weighted by Crippen LogP contribution is -1.90. The summed E-state index contributed by atoms with van der Waals surface area (Å²) < 4.78 is 6.33. The minimum absolute atomic E-state index is 0.219. The van der Waals surface area contributed by atoms with E-state index in [1.54, 1.807) is 11.4 Å². The monoisotopic (exact) mass is 228 g/mol. The van der Waals surface area contributed by atoms with Crippen molar-refractivity contribution in [2.24, 2.45) is 0 Å². The minimum atomic E-state index is 0.219. The van der Waals surface area contributed by atoms with Gasteiger partial charge in [0, 0.05) is 5.38 Å². The number of thiophene rings is 1. The summed E-state index contributed by atoms with van der Waals surface area (Å²) in [6, 6.07) is 3.56. The van der Waals surface area contributed by atoms with E-state index in [0.717, 1.165) is 10.4 Å². The Bertz CT molecular complexity index is 464. The molecule has 0 bridgehead atoms. The van der Waals surface area contributed by atoms with Crippen molar-refractivity contribution < 1.29 is 9.84 Å². The summed E-state index contributed by atoms with van der Waals surface area (Å²) >= 11 is 7.40. The van der Waals surface area contributed by atoms with E-state index in [0.29, 0.717) is 17.0 Å². The Kier molecular flexibility index (Phi) is 2.52. The highest BCUT2D eigenvalue weighted by atomic mass is 35.5. The number of fused-ring (bicyclic) bond motifs is 1. The molecule has 4 heteroatoms. The van der Waals surface area contributed by atoms with Crippen LogP contribution in [0.3, 0.4) is 0 Å². The van der Waals surface area contributed by atoms with Gasteiger partial charge >= 0.3 is 0 Å². The van der Waals surface area contributed by atoms with Gasteiger partial charge in [-0.2, -0.15) is 0 Å². The third-order valence-electron chi connectivity index (χ3n) is 1.92. The number of halogens is 1. The Morgan fingerprint density at radius 3 is 3.00 bits per heavy atom. The maximum absolute atomic E-state index is 9.56. The van der Waals surface area contributed by atoms with E-state index in [9.17, 15) is 5.11 Å². The summed E-state index contributed by atoms with van der Waals surface area (Å²) in [6.07, 6.45) is 0. The van der Waals surface area contributed by atoms with Crippen LogP contribution in [0.5, 0.6) is 11.5 Å². The van der Waals surface area contributed by atoms with Crippen molar-refractivity contribution in [3.05, 3.63) is 22.5 Å². The van der Waals surface area contributed by atoms with E-state index in [4.69, 9.17) is 16.3 Å². The molecule has 0 unspecified atom stereocenters. The zero-order chi connectivity index (χ0) is 10.1. The van der Waals surface area contributed by atoms with Crippen LogP contribution in [-0.4, -0.2) is 11.7 Å². The van der Waals surface area contributed by atoms with Gasteiger partial charge in [0.15, 0.2) is 0 Å². The molecule has 14 heavy (non-hydrogen) atoms. The van der Waals surface area contributed by atoms with E-state index in [1.165, 1.54) is 11.3 Å². The van der Waals surface area contributed by atoms with Crippen LogP contribution in [0.25, 0.3) is 10.1 Å². The van der Waals surface area contributed by atoms with E-state index in [-0.39, 0.29) is 5.75 Å². The third kappa shape index (κ3) is 1.42. The molecule has 0 aliphatic heterocycles. The average molecular weight is 229 g/mol. The molecule has 0 aliphatic rings. The van der Waals surface area contributed by atoms with Gasteiger partial charge in [0.1, 0.15) is 11.5 Å². The Morgan fingerprint density at radius 2 is 2.29 bits per heavy atom. The van der Waals surface area contributed by atoms with Gasteiger partial charge in [-0.15, -0.1) is 11.3 Å². The van der Waals surface area contributed by atoms with Gasteiger partial charge in [-0.05, 0) is 19.1 Å². The fraction of sp³-hybridized carbons (Fsp3) is 0.200. The van der Waals surface area contributed by atoms with Gasteiger partial charge < -0.3 is 9.84 Å². The predicted octanol–water partition coefficient (Wildman–Crippen LogP) is 3.66. The van der Waals surface area contributed by atoms with Crippen LogP contribution >= 0.6 is 22.9 Å². The number of rotatable bonds is 2. The van der Waals surface area contributed by atoms with Crippen molar-refractivity contribution in [3.63, 3.8) is 0 Å². The van der Waals surface area contributed by atoms with Crippen molar-refractivity contribution in [1.82, 2.24) is 0 Å². The van der Waals surface area contributed by atoms with Gasteiger partial charge in [0.25, 0.3) is 0 Å². The molecule has 2 rings (SSSR count). The van der Waals surface area contributed by atoms with Crippen molar-refractivity contribution in [2.45, 2.75) is 6.92 Å². The van der Waals surface area contributed by atoms with Gasteiger partial charge in [-0.1, -0.05) is 11.6 Å². The van der Waals surface area contributed by atoms with Crippen molar-refractivity contribution in [3.8, 4) is 11.5 Å². The highest BCUT2D eigenvalue weighted by Crippen LogP contribution is 2.41. The molecule has 0 aliphatic carbocycles. The number of benzene rings is 1. The summed E-state index contributed by atoms with van der Waals surface area (Å²) in [6.45, 7) is 2.53. The molecule has 0 saturated heterocycles. The SMILES string of the molecule is CCOc1ccc(Cl)c2c(O)csc12. The standard InChI is InChI=1S/C10H9ClO2S/c1-2-13-8-4-3-6(11)9-7(12)5-14-10(8)9/h3-5,12H,2H2,1H3. The first-order valence-corrected chi connectivity index (χ1v) is 5.51.